The molecule has 2 aromatic rings. The van der Waals surface area contributed by atoms with Gasteiger partial charge in [-0.2, -0.15) is 5.10 Å². The number of hydrogen-bond donors (Lipinski definition) is 3. The molecule has 31 heavy (non-hydrogen) atoms. The molecule has 11 heteroatoms. The first-order valence-electron chi connectivity index (χ1n) is 8.97. The Morgan fingerprint density at radius 3 is 2.58 bits per heavy atom. The maximum Gasteiger partial charge on any atom is 0.329 e. The van der Waals surface area contributed by atoms with Crippen molar-refractivity contribution in [2.75, 3.05) is 32.2 Å². The molecule has 2 rings (SSSR count). The maximum atomic E-state index is 12.1. The van der Waals surface area contributed by atoms with Gasteiger partial charge < -0.3 is 20.1 Å². The molecule has 0 aliphatic carbocycles. The first-order chi connectivity index (χ1) is 14.9. The highest BCUT2D eigenvalue weighted by atomic mass is 35.5. The van der Waals surface area contributed by atoms with Crippen molar-refractivity contribution in [2.45, 2.75) is 0 Å². The molecular weight excluding hydrogens is 447 g/mol. The van der Waals surface area contributed by atoms with Crippen LogP contribution in [0.3, 0.4) is 0 Å². The Hall–Kier alpha value is -3.14. The van der Waals surface area contributed by atoms with Crippen LogP contribution < -0.4 is 20.8 Å². The number of hydrazone groups is 1. The van der Waals surface area contributed by atoms with E-state index in [1.807, 2.05) is 0 Å². The SMILES string of the molecule is COCCNC(=O)C(=O)N/N=C\c1ccccc1OCC(=O)Nc1ccc(Cl)c(Cl)c1. The molecule has 0 aromatic heterocycles. The highest BCUT2D eigenvalue weighted by Gasteiger charge is 2.12. The third-order valence-corrected chi connectivity index (χ3v) is 4.39. The topological polar surface area (TPSA) is 118 Å². The van der Waals surface area contributed by atoms with Gasteiger partial charge in [-0.05, 0) is 30.3 Å². The number of halogens is 2. The summed E-state index contributed by atoms with van der Waals surface area (Å²) in [5, 5.41) is 9.44. The molecule has 0 aliphatic heterocycles. The molecule has 0 atom stereocenters. The van der Waals surface area contributed by atoms with Gasteiger partial charge in [0.25, 0.3) is 5.91 Å². The normalized spacial score (nSPS) is 10.5. The van der Waals surface area contributed by atoms with Crippen LogP contribution in [-0.4, -0.2) is 50.8 Å². The van der Waals surface area contributed by atoms with E-state index in [0.717, 1.165) is 0 Å². The molecule has 0 aliphatic rings. The summed E-state index contributed by atoms with van der Waals surface area (Å²) < 4.78 is 10.3. The number of carbonyl (C=O) groups is 3. The van der Waals surface area contributed by atoms with Gasteiger partial charge in [-0.1, -0.05) is 35.3 Å². The van der Waals surface area contributed by atoms with Crippen molar-refractivity contribution in [3.8, 4) is 5.75 Å². The summed E-state index contributed by atoms with van der Waals surface area (Å²) in [6.45, 7) is 0.207. The third kappa shape index (κ3) is 8.25. The van der Waals surface area contributed by atoms with Crippen molar-refractivity contribution in [2.24, 2.45) is 5.10 Å². The van der Waals surface area contributed by atoms with E-state index < -0.39 is 17.7 Å². The van der Waals surface area contributed by atoms with Gasteiger partial charge >= 0.3 is 11.8 Å². The molecule has 9 nitrogen and oxygen atoms in total. The van der Waals surface area contributed by atoms with E-state index in [1.54, 1.807) is 36.4 Å². The molecular formula is C20H20Cl2N4O5. The molecule has 3 amide bonds. The number of para-hydroxylation sites is 1. The first-order valence-corrected chi connectivity index (χ1v) is 9.73. The van der Waals surface area contributed by atoms with Crippen LogP contribution in [0.15, 0.2) is 47.6 Å². The van der Waals surface area contributed by atoms with E-state index in [4.69, 9.17) is 32.7 Å². The van der Waals surface area contributed by atoms with Crippen LogP contribution in [0.25, 0.3) is 0 Å². The highest BCUT2D eigenvalue weighted by Crippen LogP contribution is 2.25. The zero-order valence-corrected chi connectivity index (χ0v) is 18.0. The number of ether oxygens (including phenoxy) is 2. The number of carbonyl (C=O) groups excluding carboxylic acids is 3. The van der Waals surface area contributed by atoms with Crippen LogP contribution in [0, 0.1) is 0 Å². The predicted octanol–water partition coefficient (Wildman–Crippen LogP) is 2.22. The van der Waals surface area contributed by atoms with Crippen LogP contribution in [0.1, 0.15) is 5.56 Å². The van der Waals surface area contributed by atoms with Crippen molar-refractivity contribution in [1.29, 1.82) is 0 Å². The van der Waals surface area contributed by atoms with E-state index in [-0.39, 0.29) is 19.8 Å². The Balaban J connectivity index is 1.88. The second-order valence-corrected chi connectivity index (χ2v) is 6.77. The summed E-state index contributed by atoms with van der Waals surface area (Å²) >= 11 is 11.8. The molecule has 0 heterocycles. The average Bonchev–Trinajstić information content (AvgIpc) is 2.75. The Bertz CT molecular complexity index is 968. The van der Waals surface area contributed by atoms with Crippen molar-refractivity contribution in [3.63, 3.8) is 0 Å². The van der Waals surface area contributed by atoms with E-state index in [2.05, 4.69) is 21.2 Å². The van der Waals surface area contributed by atoms with Crippen molar-refractivity contribution in [3.05, 3.63) is 58.1 Å². The lowest BCUT2D eigenvalue weighted by molar-refractivity contribution is -0.139. The Morgan fingerprint density at radius 1 is 1.06 bits per heavy atom. The number of anilines is 1. The number of methoxy groups -OCH3 is 1. The second kappa shape index (κ2) is 12.5. The van der Waals surface area contributed by atoms with Gasteiger partial charge in [-0.3, -0.25) is 14.4 Å². The van der Waals surface area contributed by atoms with Crippen LogP contribution in [0.5, 0.6) is 5.75 Å². The molecule has 2 aromatic carbocycles. The molecule has 0 saturated carbocycles. The van der Waals surface area contributed by atoms with E-state index in [1.165, 1.54) is 19.4 Å². The number of hydrogen-bond acceptors (Lipinski definition) is 6. The van der Waals surface area contributed by atoms with Gasteiger partial charge in [0.15, 0.2) is 6.61 Å². The standard InChI is InChI=1S/C20H20Cl2N4O5/c1-30-9-8-23-19(28)20(29)26-24-11-13-4-2-3-5-17(13)31-12-18(27)25-14-6-7-15(21)16(22)10-14/h2-7,10-11H,8-9,12H2,1H3,(H,23,28)(H,25,27)(H,26,29)/b24-11-. The van der Waals surface area contributed by atoms with Crippen LogP contribution in [0.2, 0.25) is 10.0 Å². The largest absolute Gasteiger partial charge is 0.483 e. The lowest BCUT2D eigenvalue weighted by Gasteiger charge is -2.10. The van der Waals surface area contributed by atoms with Gasteiger partial charge in [0.1, 0.15) is 5.75 Å². The summed E-state index contributed by atoms with van der Waals surface area (Å²) in [6.07, 6.45) is 1.30. The molecule has 0 bridgehead atoms. The van der Waals surface area contributed by atoms with Crippen LogP contribution in [0.4, 0.5) is 5.69 Å². The van der Waals surface area contributed by atoms with E-state index >= 15 is 0 Å². The highest BCUT2D eigenvalue weighted by molar-refractivity contribution is 6.42. The zero-order valence-electron chi connectivity index (χ0n) is 16.5. The van der Waals surface area contributed by atoms with Gasteiger partial charge in [-0.15, -0.1) is 0 Å². The maximum absolute atomic E-state index is 12.1. The van der Waals surface area contributed by atoms with Crippen molar-refractivity contribution >= 4 is 52.8 Å². The molecule has 0 fully saturated rings. The Morgan fingerprint density at radius 2 is 1.84 bits per heavy atom. The number of nitrogens with one attached hydrogen (secondary N) is 3. The Kier molecular flexibility index (Phi) is 9.76. The molecule has 164 valence electrons. The summed E-state index contributed by atoms with van der Waals surface area (Å²) in [5.41, 5.74) is 3.08. The number of nitrogens with zero attached hydrogens (tertiary/aromatic N) is 1. The fourth-order valence-electron chi connectivity index (χ4n) is 2.19. The fourth-order valence-corrected chi connectivity index (χ4v) is 2.49. The minimum atomic E-state index is -0.924. The lowest BCUT2D eigenvalue weighted by Crippen LogP contribution is -2.39. The third-order valence-electron chi connectivity index (χ3n) is 3.65. The van der Waals surface area contributed by atoms with Crippen molar-refractivity contribution in [1.82, 2.24) is 10.7 Å². The smallest absolute Gasteiger partial charge is 0.329 e. The Labute approximate surface area is 188 Å². The van der Waals surface area contributed by atoms with E-state index in [0.29, 0.717) is 27.0 Å². The zero-order chi connectivity index (χ0) is 22.6. The monoisotopic (exact) mass is 466 g/mol. The summed E-state index contributed by atoms with van der Waals surface area (Å²) in [6, 6.07) is 11.4. The predicted molar refractivity (Wildman–Crippen MR) is 118 cm³/mol. The van der Waals surface area contributed by atoms with Crippen LogP contribution >= 0.6 is 23.2 Å². The summed E-state index contributed by atoms with van der Waals surface area (Å²) in [4.78, 5) is 35.3. The second-order valence-electron chi connectivity index (χ2n) is 5.95. The van der Waals surface area contributed by atoms with E-state index in [9.17, 15) is 14.4 Å². The molecule has 0 radical (unpaired) electrons. The van der Waals surface area contributed by atoms with Gasteiger partial charge in [0, 0.05) is 24.9 Å². The molecule has 0 spiro atoms. The first kappa shape index (κ1) is 24.1. The summed E-state index contributed by atoms with van der Waals surface area (Å²) in [7, 11) is 1.48. The minimum absolute atomic E-state index is 0.202. The van der Waals surface area contributed by atoms with Crippen LogP contribution in [-0.2, 0) is 19.1 Å². The molecule has 3 N–H and O–H groups in total. The number of benzene rings is 2. The molecule has 0 unspecified atom stereocenters. The quantitative estimate of drug-likeness (QED) is 0.226. The number of amides is 3. The van der Waals surface area contributed by atoms with Crippen molar-refractivity contribution < 1.29 is 23.9 Å². The lowest BCUT2D eigenvalue weighted by atomic mass is 10.2. The van der Waals surface area contributed by atoms with Gasteiger partial charge in [0.05, 0.1) is 22.9 Å². The van der Waals surface area contributed by atoms with Gasteiger partial charge in [-0.25, -0.2) is 5.43 Å². The minimum Gasteiger partial charge on any atom is -0.483 e. The average molecular weight is 467 g/mol. The summed E-state index contributed by atoms with van der Waals surface area (Å²) in [5.74, 6) is -1.81. The number of rotatable bonds is 9. The van der Waals surface area contributed by atoms with Gasteiger partial charge in [0.2, 0.25) is 0 Å². The molecule has 0 saturated heterocycles. The fraction of sp³-hybridized carbons (Fsp3) is 0.200.